The Morgan fingerprint density at radius 1 is 0.964 bits per heavy atom. The van der Waals surface area contributed by atoms with Crippen molar-refractivity contribution in [1.29, 1.82) is 0 Å². The van der Waals surface area contributed by atoms with E-state index in [1.54, 1.807) is 31.2 Å². The van der Waals surface area contributed by atoms with E-state index in [0.29, 0.717) is 17.0 Å². The Kier molecular flexibility index (Phi) is 5.73. The second-order valence-electron chi connectivity index (χ2n) is 6.11. The molecule has 0 bridgehead atoms. The van der Waals surface area contributed by atoms with Gasteiger partial charge in [-0.1, -0.05) is 0 Å². The minimum Gasteiger partial charge on any atom is -0.353 e. The average Bonchev–Trinajstić information content (AvgIpc) is 2.67. The van der Waals surface area contributed by atoms with Crippen LogP contribution in [0.1, 0.15) is 5.69 Å². The topological polar surface area (TPSA) is 98.9 Å². The van der Waals surface area contributed by atoms with Gasteiger partial charge in [-0.15, -0.1) is 0 Å². The van der Waals surface area contributed by atoms with E-state index in [2.05, 4.69) is 15.5 Å². The van der Waals surface area contributed by atoms with E-state index in [4.69, 9.17) is 0 Å². The number of nitrogens with one attached hydrogen (secondary N) is 1. The van der Waals surface area contributed by atoms with E-state index >= 15 is 0 Å². The summed E-state index contributed by atoms with van der Waals surface area (Å²) in [5, 5.41) is 10.9. The molecule has 28 heavy (non-hydrogen) atoms. The molecule has 0 radical (unpaired) electrons. The number of carbonyl (C=O) groups excluding carboxylic acids is 1. The van der Waals surface area contributed by atoms with Crippen LogP contribution in [0, 0.1) is 12.7 Å². The molecule has 0 unspecified atom stereocenters. The molecule has 0 fully saturated rings. The first-order valence-electron chi connectivity index (χ1n) is 8.58. The first-order chi connectivity index (χ1) is 13.4. The number of nitrogens with zero attached hydrogens (tertiary/aromatic N) is 4. The summed E-state index contributed by atoms with van der Waals surface area (Å²) in [5.74, 6) is -0.759. The van der Waals surface area contributed by atoms with E-state index in [1.165, 1.54) is 28.9 Å². The summed E-state index contributed by atoms with van der Waals surface area (Å²) in [6, 6.07) is 11.6. The molecule has 0 spiro atoms. The van der Waals surface area contributed by atoms with E-state index in [9.17, 15) is 18.8 Å². The Hall–Kier alpha value is -3.62. The molecule has 1 amide bonds. The van der Waals surface area contributed by atoms with Gasteiger partial charge in [-0.25, -0.2) is 13.8 Å². The Bertz CT molecular complexity index is 1110. The zero-order chi connectivity index (χ0) is 20.1. The second-order valence-corrected chi connectivity index (χ2v) is 6.11. The first kappa shape index (κ1) is 19.2. The van der Waals surface area contributed by atoms with Gasteiger partial charge in [0.25, 0.3) is 11.1 Å². The highest BCUT2D eigenvalue weighted by atomic mass is 19.1. The van der Waals surface area contributed by atoms with Gasteiger partial charge in [0, 0.05) is 24.2 Å². The van der Waals surface area contributed by atoms with Crippen LogP contribution in [0.15, 0.2) is 58.1 Å². The molecule has 0 atom stereocenters. The third-order valence-corrected chi connectivity index (χ3v) is 3.95. The van der Waals surface area contributed by atoms with Gasteiger partial charge in [0.2, 0.25) is 5.91 Å². The summed E-state index contributed by atoms with van der Waals surface area (Å²) < 4.78 is 15.3. The van der Waals surface area contributed by atoms with Gasteiger partial charge in [-0.05, 0) is 43.3 Å². The van der Waals surface area contributed by atoms with Crippen molar-refractivity contribution in [1.82, 2.24) is 24.9 Å². The lowest BCUT2D eigenvalue weighted by molar-refractivity contribution is -0.121. The molecule has 9 heteroatoms. The predicted octanol–water partition coefficient (Wildman–Crippen LogP) is 0.731. The Morgan fingerprint density at radius 2 is 1.64 bits per heavy atom. The fraction of sp³-hybridized carbons (Fsp3) is 0.211. The summed E-state index contributed by atoms with van der Waals surface area (Å²) in [5.41, 5.74) is 1.12. The molecule has 0 saturated carbocycles. The zero-order valence-corrected chi connectivity index (χ0v) is 15.1. The molecule has 0 aliphatic rings. The Labute approximate surface area is 159 Å². The fourth-order valence-corrected chi connectivity index (χ4v) is 2.54. The predicted molar refractivity (Wildman–Crippen MR) is 100 cm³/mol. The number of hydrogen-bond donors (Lipinski definition) is 1. The minimum atomic E-state index is -0.400. The van der Waals surface area contributed by atoms with Gasteiger partial charge in [-0.3, -0.25) is 14.4 Å². The number of amides is 1. The number of benzene rings is 1. The zero-order valence-electron chi connectivity index (χ0n) is 15.1. The normalized spacial score (nSPS) is 10.6. The minimum absolute atomic E-state index is 0.149. The summed E-state index contributed by atoms with van der Waals surface area (Å²) in [6.07, 6.45) is 0. The van der Waals surface area contributed by atoms with Crippen LogP contribution in [-0.4, -0.2) is 32.0 Å². The molecule has 2 heterocycles. The maximum absolute atomic E-state index is 13.0. The molecule has 3 rings (SSSR count). The molecule has 144 valence electrons. The Balaban J connectivity index is 1.62. The van der Waals surface area contributed by atoms with Crippen LogP contribution in [0.3, 0.4) is 0 Å². The van der Waals surface area contributed by atoms with Crippen molar-refractivity contribution in [2.75, 3.05) is 6.54 Å². The number of halogens is 1. The lowest BCUT2D eigenvalue weighted by atomic mass is 10.1. The molecule has 1 N–H and O–H groups in total. The van der Waals surface area contributed by atoms with E-state index in [-0.39, 0.29) is 36.6 Å². The van der Waals surface area contributed by atoms with Crippen molar-refractivity contribution in [3.05, 3.63) is 80.7 Å². The van der Waals surface area contributed by atoms with Crippen LogP contribution < -0.4 is 16.4 Å². The summed E-state index contributed by atoms with van der Waals surface area (Å²) in [6.45, 7) is 1.81. The molecule has 3 aromatic rings. The number of carbonyl (C=O) groups is 1. The summed E-state index contributed by atoms with van der Waals surface area (Å²) in [7, 11) is 0. The van der Waals surface area contributed by atoms with Crippen molar-refractivity contribution in [2.45, 2.75) is 20.0 Å². The quantitative estimate of drug-likeness (QED) is 0.677. The maximum Gasteiger partial charge on any atom is 0.267 e. The van der Waals surface area contributed by atoms with Crippen LogP contribution in [0.5, 0.6) is 0 Å². The van der Waals surface area contributed by atoms with Gasteiger partial charge >= 0.3 is 0 Å². The highest BCUT2D eigenvalue weighted by Gasteiger charge is 2.07. The largest absolute Gasteiger partial charge is 0.353 e. The van der Waals surface area contributed by atoms with E-state index < -0.39 is 5.91 Å². The van der Waals surface area contributed by atoms with Crippen molar-refractivity contribution < 1.29 is 9.18 Å². The highest BCUT2D eigenvalue weighted by Crippen LogP contribution is 2.15. The third kappa shape index (κ3) is 4.76. The SMILES string of the molecule is Cc1ccc(=O)n(CC(=O)NCCn2nc(-c3ccc(F)cc3)ccc2=O)n1. The number of rotatable bonds is 6. The molecule has 0 aliphatic carbocycles. The molecular formula is C19H18FN5O3. The van der Waals surface area contributed by atoms with Crippen molar-refractivity contribution in [2.24, 2.45) is 0 Å². The standard InChI is InChI=1S/C19H18FN5O3/c1-13-2-8-19(28)25(22-13)12-17(26)21-10-11-24-18(27)9-7-16(23-24)14-3-5-15(20)6-4-14/h2-9H,10-12H2,1H3,(H,21,26). The molecular weight excluding hydrogens is 365 g/mol. The van der Waals surface area contributed by atoms with Crippen molar-refractivity contribution in [3.63, 3.8) is 0 Å². The van der Waals surface area contributed by atoms with Gasteiger partial charge < -0.3 is 5.32 Å². The van der Waals surface area contributed by atoms with Crippen LogP contribution in [0.25, 0.3) is 11.3 Å². The Morgan fingerprint density at radius 3 is 2.39 bits per heavy atom. The molecule has 0 aliphatic heterocycles. The number of hydrogen-bond acceptors (Lipinski definition) is 5. The molecule has 1 aromatic carbocycles. The third-order valence-electron chi connectivity index (χ3n) is 3.95. The van der Waals surface area contributed by atoms with Crippen LogP contribution in [0.4, 0.5) is 4.39 Å². The van der Waals surface area contributed by atoms with Crippen LogP contribution >= 0.6 is 0 Å². The van der Waals surface area contributed by atoms with Crippen LogP contribution in [0.2, 0.25) is 0 Å². The average molecular weight is 383 g/mol. The smallest absolute Gasteiger partial charge is 0.267 e. The van der Waals surface area contributed by atoms with Gasteiger partial charge in [0.1, 0.15) is 12.4 Å². The second kappa shape index (κ2) is 8.38. The highest BCUT2D eigenvalue weighted by molar-refractivity contribution is 5.75. The fourth-order valence-electron chi connectivity index (χ4n) is 2.54. The van der Waals surface area contributed by atoms with Crippen LogP contribution in [-0.2, 0) is 17.9 Å². The lowest BCUT2D eigenvalue weighted by Crippen LogP contribution is -2.36. The van der Waals surface area contributed by atoms with Crippen molar-refractivity contribution >= 4 is 5.91 Å². The monoisotopic (exact) mass is 383 g/mol. The molecule has 8 nitrogen and oxygen atoms in total. The van der Waals surface area contributed by atoms with Gasteiger partial charge in [0.05, 0.1) is 17.9 Å². The number of aryl methyl sites for hydroxylation is 1. The molecule has 2 aromatic heterocycles. The lowest BCUT2D eigenvalue weighted by Gasteiger charge is -2.09. The van der Waals surface area contributed by atoms with E-state index in [1.807, 2.05) is 0 Å². The van der Waals surface area contributed by atoms with E-state index in [0.717, 1.165) is 4.68 Å². The van der Waals surface area contributed by atoms with Crippen molar-refractivity contribution in [3.8, 4) is 11.3 Å². The summed E-state index contributed by atoms with van der Waals surface area (Å²) in [4.78, 5) is 35.7. The summed E-state index contributed by atoms with van der Waals surface area (Å²) >= 11 is 0. The van der Waals surface area contributed by atoms with Gasteiger partial charge in [0.15, 0.2) is 0 Å². The first-order valence-corrected chi connectivity index (χ1v) is 8.58. The maximum atomic E-state index is 13.0. The van der Waals surface area contributed by atoms with Gasteiger partial charge in [-0.2, -0.15) is 10.2 Å². The number of aromatic nitrogens is 4. The molecule has 0 saturated heterocycles.